The van der Waals surface area contributed by atoms with Crippen molar-refractivity contribution < 1.29 is 9.53 Å². The van der Waals surface area contributed by atoms with Crippen LogP contribution in [0.15, 0.2) is 84.9 Å². The van der Waals surface area contributed by atoms with Crippen molar-refractivity contribution in [2.45, 2.75) is 26.0 Å². The normalized spacial score (nSPS) is 12.0. The van der Waals surface area contributed by atoms with Gasteiger partial charge in [0.15, 0.2) is 6.10 Å². The van der Waals surface area contributed by atoms with E-state index in [1.807, 2.05) is 61.5 Å². The molecule has 0 aliphatic carbocycles. The summed E-state index contributed by atoms with van der Waals surface area (Å²) in [6.07, 6.45) is 0.0951. The Labute approximate surface area is 165 Å². The number of hydrogen-bond acceptors (Lipinski definition) is 2. The first-order chi connectivity index (χ1) is 13.7. The van der Waals surface area contributed by atoms with Gasteiger partial charge in [0.05, 0.1) is 0 Å². The summed E-state index contributed by atoms with van der Waals surface area (Å²) in [5, 5.41) is 7.64. The summed E-state index contributed by atoms with van der Waals surface area (Å²) in [6.45, 7) is 2.45. The molecule has 1 N–H and O–H groups in total. The molecule has 0 fully saturated rings. The molecular formula is C25H23NO2. The van der Waals surface area contributed by atoms with Crippen LogP contribution in [-0.2, 0) is 11.3 Å². The molecule has 1 amide bonds. The standard InChI is InChI=1S/C25H23NO2/c1-2-24(28-23-14-13-20-8-4-6-10-22(20)16-23)25(27)26-17-18-11-12-19-7-3-5-9-21(19)15-18/h3-16,24H,2,17H2,1H3,(H,26,27). The van der Waals surface area contributed by atoms with E-state index in [0.717, 1.165) is 16.3 Å². The molecule has 0 aliphatic heterocycles. The molecule has 0 bridgehead atoms. The third kappa shape index (κ3) is 3.99. The van der Waals surface area contributed by atoms with Gasteiger partial charge < -0.3 is 10.1 Å². The number of benzene rings is 4. The summed E-state index contributed by atoms with van der Waals surface area (Å²) < 4.78 is 5.98. The maximum Gasteiger partial charge on any atom is 0.261 e. The summed E-state index contributed by atoms with van der Waals surface area (Å²) >= 11 is 0. The Hall–Kier alpha value is -3.33. The van der Waals surface area contributed by atoms with Gasteiger partial charge in [0.1, 0.15) is 5.75 Å². The molecule has 0 saturated carbocycles. The van der Waals surface area contributed by atoms with Gasteiger partial charge in [-0.25, -0.2) is 0 Å². The van der Waals surface area contributed by atoms with Gasteiger partial charge in [0.2, 0.25) is 0 Å². The minimum absolute atomic E-state index is 0.0937. The second-order valence-electron chi connectivity index (χ2n) is 6.92. The van der Waals surface area contributed by atoms with Gasteiger partial charge in [-0.1, -0.05) is 73.7 Å². The number of amides is 1. The van der Waals surface area contributed by atoms with Gasteiger partial charge in [-0.15, -0.1) is 0 Å². The Morgan fingerprint density at radius 2 is 1.43 bits per heavy atom. The molecule has 0 aromatic heterocycles. The number of ether oxygens (including phenoxy) is 1. The van der Waals surface area contributed by atoms with Crippen molar-refractivity contribution in [2.75, 3.05) is 0 Å². The summed E-state index contributed by atoms with van der Waals surface area (Å²) in [5.41, 5.74) is 1.08. The van der Waals surface area contributed by atoms with Crippen molar-refractivity contribution in [3.8, 4) is 5.75 Å². The van der Waals surface area contributed by atoms with E-state index >= 15 is 0 Å². The summed E-state index contributed by atoms with van der Waals surface area (Å²) in [4.78, 5) is 12.6. The second kappa shape index (κ2) is 8.13. The fourth-order valence-corrected chi connectivity index (χ4v) is 3.38. The van der Waals surface area contributed by atoms with Gasteiger partial charge in [0.25, 0.3) is 5.91 Å². The van der Waals surface area contributed by atoms with Gasteiger partial charge in [-0.2, -0.15) is 0 Å². The quantitative estimate of drug-likeness (QED) is 0.490. The van der Waals surface area contributed by atoms with E-state index in [9.17, 15) is 4.79 Å². The molecule has 0 saturated heterocycles. The van der Waals surface area contributed by atoms with Crippen molar-refractivity contribution in [3.05, 3.63) is 90.5 Å². The average molecular weight is 369 g/mol. The molecule has 3 nitrogen and oxygen atoms in total. The Bertz CT molecular complexity index is 1120. The average Bonchev–Trinajstić information content (AvgIpc) is 2.75. The molecule has 4 aromatic rings. The number of rotatable bonds is 6. The van der Waals surface area contributed by atoms with Crippen LogP contribution in [-0.4, -0.2) is 12.0 Å². The molecule has 3 heteroatoms. The zero-order chi connectivity index (χ0) is 19.3. The molecule has 1 atom stereocenters. The predicted molar refractivity (Wildman–Crippen MR) is 114 cm³/mol. The van der Waals surface area contributed by atoms with Gasteiger partial charge in [0, 0.05) is 6.54 Å². The van der Waals surface area contributed by atoms with Crippen LogP contribution >= 0.6 is 0 Å². The van der Waals surface area contributed by atoms with Gasteiger partial charge in [-0.3, -0.25) is 4.79 Å². The van der Waals surface area contributed by atoms with Crippen LogP contribution in [0.4, 0.5) is 0 Å². The van der Waals surface area contributed by atoms with E-state index in [1.165, 1.54) is 10.8 Å². The zero-order valence-electron chi connectivity index (χ0n) is 15.9. The molecule has 1 unspecified atom stereocenters. The van der Waals surface area contributed by atoms with Crippen LogP contribution in [0.5, 0.6) is 5.75 Å². The largest absolute Gasteiger partial charge is 0.481 e. The van der Waals surface area contributed by atoms with E-state index < -0.39 is 6.10 Å². The van der Waals surface area contributed by atoms with Crippen LogP contribution in [0.1, 0.15) is 18.9 Å². The Kier molecular flexibility index (Phi) is 5.24. The van der Waals surface area contributed by atoms with Crippen LogP contribution in [0.25, 0.3) is 21.5 Å². The fourth-order valence-electron chi connectivity index (χ4n) is 3.38. The monoisotopic (exact) mass is 369 g/mol. The maximum absolute atomic E-state index is 12.6. The van der Waals surface area contributed by atoms with E-state index in [0.29, 0.717) is 18.7 Å². The van der Waals surface area contributed by atoms with Crippen molar-refractivity contribution >= 4 is 27.5 Å². The molecule has 28 heavy (non-hydrogen) atoms. The molecule has 140 valence electrons. The fraction of sp³-hybridized carbons (Fsp3) is 0.160. The lowest BCUT2D eigenvalue weighted by molar-refractivity contribution is -0.128. The molecule has 0 radical (unpaired) electrons. The third-order valence-electron chi connectivity index (χ3n) is 4.94. The van der Waals surface area contributed by atoms with E-state index in [4.69, 9.17) is 4.74 Å². The Morgan fingerprint density at radius 1 is 0.821 bits per heavy atom. The molecule has 0 heterocycles. The number of hydrogen-bond donors (Lipinski definition) is 1. The highest BCUT2D eigenvalue weighted by molar-refractivity contribution is 5.85. The maximum atomic E-state index is 12.6. The molecule has 4 rings (SSSR count). The van der Waals surface area contributed by atoms with Crippen LogP contribution < -0.4 is 10.1 Å². The summed E-state index contributed by atoms with van der Waals surface area (Å²) in [7, 11) is 0. The van der Waals surface area contributed by atoms with Crippen molar-refractivity contribution in [3.63, 3.8) is 0 Å². The highest BCUT2D eigenvalue weighted by Crippen LogP contribution is 2.22. The summed E-state index contributed by atoms with van der Waals surface area (Å²) in [5.74, 6) is 0.621. The highest BCUT2D eigenvalue weighted by Gasteiger charge is 2.18. The molecular weight excluding hydrogens is 346 g/mol. The van der Waals surface area contributed by atoms with Crippen LogP contribution in [0, 0.1) is 0 Å². The lowest BCUT2D eigenvalue weighted by Gasteiger charge is -2.18. The molecule has 0 spiro atoms. The van der Waals surface area contributed by atoms with Gasteiger partial charge in [-0.05, 0) is 51.7 Å². The van der Waals surface area contributed by atoms with Crippen molar-refractivity contribution in [1.82, 2.24) is 5.32 Å². The first kappa shape index (κ1) is 18.1. The first-order valence-electron chi connectivity index (χ1n) is 9.64. The minimum Gasteiger partial charge on any atom is -0.481 e. The number of carbonyl (C=O) groups is 1. The van der Waals surface area contributed by atoms with Crippen LogP contribution in [0.3, 0.4) is 0 Å². The molecule has 4 aromatic carbocycles. The lowest BCUT2D eigenvalue weighted by Crippen LogP contribution is -2.37. The smallest absolute Gasteiger partial charge is 0.261 e. The van der Waals surface area contributed by atoms with E-state index in [1.54, 1.807) is 0 Å². The summed E-state index contributed by atoms with van der Waals surface area (Å²) in [6, 6.07) is 28.5. The van der Waals surface area contributed by atoms with Crippen LogP contribution in [0.2, 0.25) is 0 Å². The highest BCUT2D eigenvalue weighted by atomic mass is 16.5. The van der Waals surface area contributed by atoms with Crippen molar-refractivity contribution in [1.29, 1.82) is 0 Å². The van der Waals surface area contributed by atoms with E-state index in [2.05, 4.69) is 35.6 Å². The lowest BCUT2D eigenvalue weighted by atomic mass is 10.1. The predicted octanol–water partition coefficient (Wildman–Crippen LogP) is 5.47. The van der Waals surface area contributed by atoms with Gasteiger partial charge >= 0.3 is 0 Å². The third-order valence-corrected chi connectivity index (χ3v) is 4.94. The SMILES string of the molecule is CCC(Oc1ccc2ccccc2c1)C(=O)NCc1ccc2ccccc2c1. The van der Waals surface area contributed by atoms with Crippen molar-refractivity contribution in [2.24, 2.45) is 0 Å². The number of nitrogens with one attached hydrogen (secondary N) is 1. The minimum atomic E-state index is -0.512. The number of fused-ring (bicyclic) bond motifs is 2. The first-order valence-corrected chi connectivity index (χ1v) is 9.64. The zero-order valence-corrected chi connectivity index (χ0v) is 15.9. The molecule has 0 aliphatic rings. The van der Waals surface area contributed by atoms with E-state index in [-0.39, 0.29) is 5.91 Å². The second-order valence-corrected chi connectivity index (χ2v) is 6.92. The topological polar surface area (TPSA) is 38.3 Å². The Morgan fingerprint density at radius 3 is 2.11 bits per heavy atom. The Balaban J connectivity index is 1.42. The number of carbonyl (C=O) groups excluding carboxylic acids is 1.